The number of nitrogens with zero attached hydrogens (tertiary/aromatic N) is 5. The first-order valence-corrected chi connectivity index (χ1v) is 10.6. The number of carbonyl (C=O) groups is 1. The van der Waals surface area contributed by atoms with E-state index in [9.17, 15) is 4.79 Å². The van der Waals surface area contributed by atoms with E-state index < -0.39 is 0 Å². The summed E-state index contributed by atoms with van der Waals surface area (Å²) in [5.74, 6) is 2.09. The molecule has 0 saturated carbocycles. The minimum Gasteiger partial charge on any atom is -0.360 e. The van der Waals surface area contributed by atoms with E-state index in [0.29, 0.717) is 11.7 Å². The predicted octanol–water partition coefficient (Wildman–Crippen LogP) is 2.44. The Labute approximate surface area is 162 Å². The Kier molecular flexibility index (Phi) is 6.67. The van der Waals surface area contributed by atoms with E-state index in [1.165, 1.54) is 23.1 Å². The molecular formula is C17H24N6OS2. The first-order chi connectivity index (χ1) is 12.6. The fraction of sp³-hybridized carbons (Fsp3) is 0.529. The molecule has 1 amide bonds. The quantitative estimate of drug-likeness (QED) is 0.726. The molecule has 7 nitrogen and oxygen atoms in total. The lowest BCUT2D eigenvalue weighted by Gasteiger charge is -2.35. The van der Waals surface area contributed by atoms with Crippen LogP contribution in [-0.4, -0.2) is 64.5 Å². The van der Waals surface area contributed by atoms with Crippen molar-refractivity contribution in [1.82, 2.24) is 20.1 Å². The molecule has 1 saturated heterocycles. The molecule has 0 aromatic carbocycles. The molecule has 0 radical (unpaired) electrons. The second-order valence-corrected chi connectivity index (χ2v) is 8.69. The molecule has 9 heteroatoms. The maximum Gasteiger partial charge on any atom is 0.233 e. The first kappa shape index (κ1) is 18.9. The van der Waals surface area contributed by atoms with Crippen molar-refractivity contribution in [2.45, 2.75) is 18.2 Å². The second kappa shape index (κ2) is 9.18. The van der Waals surface area contributed by atoms with E-state index >= 15 is 0 Å². The van der Waals surface area contributed by atoms with Gasteiger partial charge in [0.05, 0.1) is 5.75 Å². The smallest absolute Gasteiger partial charge is 0.233 e. The number of pyridine rings is 1. The van der Waals surface area contributed by atoms with Crippen LogP contribution in [0.1, 0.15) is 13.8 Å². The van der Waals surface area contributed by atoms with Gasteiger partial charge in [0.1, 0.15) is 5.82 Å². The Bertz CT molecular complexity index is 700. The Hall–Kier alpha value is -1.87. The van der Waals surface area contributed by atoms with E-state index in [-0.39, 0.29) is 5.91 Å². The highest BCUT2D eigenvalue weighted by atomic mass is 32.2. The third-order valence-corrected chi connectivity index (χ3v) is 5.99. The number of anilines is 2. The molecule has 1 aliphatic heterocycles. The normalized spacial score (nSPS) is 14.7. The number of nitrogens with one attached hydrogen (secondary N) is 1. The zero-order valence-electron chi connectivity index (χ0n) is 15.1. The fourth-order valence-corrected chi connectivity index (χ4v) is 4.23. The number of amides is 1. The average Bonchev–Trinajstić information content (AvgIpc) is 3.13. The second-order valence-electron chi connectivity index (χ2n) is 6.49. The summed E-state index contributed by atoms with van der Waals surface area (Å²) in [6, 6.07) is 5.91. The summed E-state index contributed by atoms with van der Waals surface area (Å²) in [6.45, 7) is 8.26. The lowest BCUT2D eigenvalue weighted by Crippen LogP contribution is -2.49. The van der Waals surface area contributed by atoms with Crippen LogP contribution in [0.15, 0.2) is 28.7 Å². The Morgan fingerprint density at radius 3 is 2.77 bits per heavy atom. The van der Waals surface area contributed by atoms with Crippen molar-refractivity contribution in [1.29, 1.82) is 0 Å². The van der Waals surface area contributed by atoms with Crippen LogP contribution in [0.2, 0.25) is 0 Å². The standard InChI is InChI=1S/C17H24N6OS2/c1-13(2)11-19-16-20-21-17(26-16)25-12-15(24)23-9-7-22(8-10-23)14-5-3-4-6-18-14/h3-6,13H,7-12H2,1-2H3,(H,19,20). The molecule has 0 aliphatic carbocycles. The minimum absolute atomic E-state index is 0.155. The molecule has 1 aliphatic rings. The van der Waals surface area contributed by atoms with Gasteiger partial charge in [-0.25, -0.2) is 4.98 Å². The van der Waals surface area contributed by atoms with Crippen molar-refractivity contribution in [2.75, 3.05) is 48.7 Å². The highest BCUT2D eigenvalue weighted by Gasteiger charge is 2.22. The highest BCUT2D eigenvalue weighted by Crippen LogP contribution is 2.26. The summed E-state index contributed by atoms with van der Waals surface area (Å²) in [5.41, 5.74) is 0. The monoisotopic (exact) mass is 392 g/mol. The number of thioether (sulfide) groups is 1. The molecule has 1 N–H and O–H groups in total. The average molecular weight is 393 g/mol. The van der Waals surface area contributed by atoms with Crippen molar-refractivity contribution in [3.63, 3.8) is 0 Å². The third kappa shape index (κ3) is 5.31. The first-order valence-electron chi connectivity index (χ1n) is 8.76. The van der Waals surface area contributed by atoms with Crippen LogP contribution in [-0.2, 0) is 4.79 Å². The summed E-state index contributed by atoms with van der Waals surface area (Å²) in [6.07, 6.45) is 1.80. The van der Waals surface area contributed by atoms with Crippen LogP contribution in [0.5, 0.6) is 0 Å². The van der Waals surface area contributed by atoms with Gasteiger partial charge >= 0.3 is 0 Å². The molecular weight excluding hydrogens is 368 g/mol. The van der Waals surface area contributed by atoms with Gasteiger partial charge in [0.25, 0.3) is 0 Å². The number of hydrogen-bond donors (Lipinski definition) is 1. The summed E-state index contributed by atoms with van der Waals surface area (Å²) < 4.78 is 0.830. The topological polar surface area (TPSA) is 74.2 Å². The van der Waals surface area contributed by atoms with Gasteiger partial charge in [-0.05, 0) is 18.1 Å². The van der Waals surface area contributed by atoms with Gasteiger partial charge < -0.3 is 15.1 Å². The maximum absolute atomic E-state index is 12.4. The Balaban J connectivity index is 1.42. The van der Waals surface area contributed by atoms with Crippen molar-refractivity contribution < 1.29 is 4.79 Å². The van der Waals surface area contributed by atoms with Crippen molar-refractivity contribution in [3.8, 4) is 0 Å². The van der Waals surface area contributed by atoms with Crippen LogP contribution in [0.3, 0.4) is 0 Å². The lowest BCUT2D eigenvalue weighted by atomic mass is 10.2. The summed E-state index contributed by atoms with van der Waals surface area (Å²) in [4.78, 5) is 21.0. The van der Waals surface area contributed by atoms with Crippen LogP contribution in [0.4, 0.5) is 10.9 Å². The predicted molar refractivity (Wildman–Crippen MR) is 107 cm³/mol. The number of hydrogen-bond acceptors (Lipinski definition) is 8. The van der Waals surface area contributed by atoms with E-state index in [2.05, 4.69) is 39.2 Å². The van der Waals surface area contributed by atoms with Gasteiger partial charge in [0.2, 0.25) is 11.0 Å². The maximum atomic E-state index is 12.4. The van der Waals surface area contributed by atoms with Crippen molar-refractivity contribution >= 4 is 40.0 Å². The number of piperazine rings is 1. The highest BCUT2D eigenvalue weighted by molar-refractivity contribution is 8.01. The molecule has 2 aromatic heterocycles. The summed E-state index contributed by atoms with van der Waals surface area (Å²) in [5, 5.41) is 12.3. The van der Waals surface area contributed by atoms with Gasteiger partial charge in [0, 0.05) is 38.9 Å². The molecule has 0 unspecified atom stereocenters. The molecule has 3 rings (SSSR count). The van der Waals surface area contributed by atoms with Gasteiger partial charge in [-0.2, -0.15) is 0 Å². The molecule has 0 spiro atoms. The van der Waals surface area contributed by atoms with Crippen LogP contribution >= 0.6 is 23.1 Å². The Morgan fingerprint density at radius 1 is 1.27 bits per heavy atom. The minimum atomic E-state index is 0.155. The van der Waals surface area contributed by atoms with Gasteiger partial charge in [0.15, 0.2) is 4.34 Å². The molecule has 26 heavy (non-hydrogen) atoms. The van der Waals surface area contributed by atoms with E-state index in [1.807, 2.05) is 23.1 Å². The van der Waals surface area contributed by atoms with Crippen LogP contribution in [0.25, 0.3) is 0 Å². The SMILES string of the molecule is CC(C)CNc1nnc(SCC(=O)N2CCN(c3ccccn3)CC2)s1. The largest absolute Gasteiger partial charge is 0.360 e. The van der Waals surface area contributed by atoms with E-state index in [0.717, 1.165) is 48.0 Å². The van der Waals surface area contributed by atoms with Crippen molar-refractivity contribution in [3.05, 3.63) is 24.4 Å². The van der Waals surface area contributed by atoms with Crippen LogP contribution < -0.4 is 10.2 Å². The van der Waals surface area contributed by atoms with Gasteiger partial charge in [-0.3, -0.25) is 4.79 Å². The fourth-order valence-electron chi connectivity index (χ4n) is 2.57. The van der Waals surface area contributed by atoms with Crippen LogP contribution in [0, 0.1) is 5.92 Å². The van der Waals surface area contributed by atoms with E-state index in [4.69, 9.17) is 0 Å². The molecule has 0 bridgehead atoms. The molecule has 3 heterocycles. The molecule has 2 aromatic rings. The molecule has 140 valence electrons. The summed E-state index contributed by atoms with van der Waals surface area (Å²) in [7, 11) is 0. The van der Waals surface area contributed by atoms with E-state index in [1.54, 1.807) is 6.20 Å². The number of aromatic nitrogens is 3. The molecule has 0 atom stereocenters. The van der Waals surface area contributed by atoms with Gasteiger partial charge in [-0.15, -0.1) is 10.2 Å². The zero-order chi connectivity index (χ0) is 18.4. The van der Waals surface area contributed by atoms with Crippen molar-refractivity contribution in [2.24, 2.45) is 5.92 Å². The summed E-state index contributed by atoms with van der Waals surface area (Å²) >= 11 is 2.97. The lowest BCUT2D eigenvalue weighted by molar-refractivity contribution is -0.128. The number of rotatable bonds is 7. The molecule has 1 fully saturated rings. The number of carbonyl (C=O) groups excluding carboxylic acids is 1. The Morgan fingerprint density at radius 2 is 2.08 bits per heavy atom. The third-order valence-electron chi connectivity index (χ3n) is 3.99. The zero-order valence-corrected chi connectivity index (χ0v) is 16.7. The van der Waals surface area contributed by atoms with Gasteiger partial charge in [-0.1, -0.05) is 43.0 Å².